The molecule has 0 spiro atoms. The number of amides is 1. The first-order valence-electron chi connectivity index (χ1n) is 9.42. The minimum atomic E-state index is -0.225. The van der Waals surface area contributed by atoms with Crippen LogP contribution < -0.4 is 15.4 Å². The van der Waals surface area contributed by atoms with Gasteiger partial charge in [-0.3, -0.25) is 4.79 Å². The summed E-state index contributed by atoms with van der Waals surface area (Å²) in [4.78, 5) is 21.1. The van der Waals surface area contributed by atoms with Crippen molar-refractivity contribution in [1.82, 2.24) is 9.97 Å². The van der Waals surface area contributed by atoms with E-state index in [2.05, 4.69) is 20.6 Å². The lowest BCUT2D eigenvalue weighted by atomic mass is 10.1. The summed E-state index contributed by atoms with van der Waals surface area (Å²) in [6, 6.07) is 26.3. The fraction of sp³-hybridized carbons (Fsp3) is 0.0417. The predicted octanol–water partition coefficient (Wildman–Crippen LogP) is 5.15. The highest BCUT2D eigenvalue weighted by Crippen LogP contribution is 2.23. The normalized spacial score (nSPS) is 10.3. The van der Waals surface area contributed by atoms with Crippen LogP contribution in [0.3, 0.4) is 0 Å². The van der Waals surface area contributed by atoms with E-state index in [4.69, 9.17) is 4.74 Å². The molecule has 30 heavy (non-hydrogen) atoms. The fourth-order valence-corrected chi connectivity index (χ4v) is 3.01. The number of carbonyl (C=O) groups is 1. The Kier molecular flexibility index (Phi) is 5.66. The molecule has 1 amide bonds. The summed E-state index contributed by atoms with van der Waals surface area (Å²) in [5.74, 6) is 0.998. The molecule has 1 aromatic heterocycles. The van der Waals surface area contributed by atoms with Crippen molar-refractivity contribution in [3.63, 3.8) is 0 Å². The van der Waals surface area contributed by atoms with Crippen LogP contribution in [0.2, 0.25) is 0 Å². The first-order valence-corrected chi connectivity index (χ1v) is 9.42. The summed E-state index contributed by atoms with van der Waals surface area (Å²) in [7, 11) is 1.54. The maximum absolute atomic E-state index is 12.5. The number of hydrogen-bond donors (Lipinski definition) is 2. The molecule has 2 N–H and O–H groups in total. The topological polar surface area (TPSA) is 76.1 Å². The van der Waals surface area contributed by atoms with Gasteiger partial charge >= 0.3 is 0 Å². The molecule has 0 atom stereocenters. The Morgan fingerprint density at radius 1 is 0.833 bits per heavy atom. The second-order valence-corrected chi connectivity index (χ2v) is 6.51. The number of hydrogen-bond acceptors (Lipinski definition) is 5. The van der Waals surface area contributed by atoms with E-state index >= 15 is 0 Å². The van der Waals surface area contributed by atoms with Gasteiger partial charge in [-0.2, -0.15) is 0 Å². The SMILES string of the molecule is COc1ccccc1C(=O)Nc1ccc(Nc2cc(-c3ccccc3)ncn2)cc1. The Labute approximate surface area is 174 Å². The largest absolute Gasteiger partial charge is 0.496 e. The van der Waals surface area contributed by atoms with Gasteiger partial charge < -0.3 is 15.4 Å². The number of aromatic nitrogens is 2. The number of rotatable bonds is 6. The Balaban J connectivity index is 1.45. The minimum absolute atomic E-state index is 0.225. The van der Waals surface area contributed by atoms with E-state index in [0.717, 1.165) is 16.9 Å². The van der Waals surface area contributed by atoms with Crippen LogP contribution in [-0.2, 0) is 0 Å². The molecule has 0 bridgehead atoms. The first-order chi connectivity index (χ1) is 14.7. The number of benzene rings is 3. The van der Waals surface area contributed by atoms with Crippen LogP contribution in [-0.4, -0.2) is 23.0 Å². The monoisotopic (exact) mass is 396 g/mol. The summed E-state index contributed by atoms with van der Waals surface area (Å²) in [6.45, 7) is 0. The molecule has 0 saturated heterocycles. The van der Waals surface area contributed by atoms with Crippen molar-refractivity contribution in [3.05, 3.63) is 96.8 Å². The maximum Gasteiger partial charge on any atom is 0.259 e. The van der Waals surface area contributed by atoms with E-state index < -0.39 is 0 Å². The average Bonchev–Trinajstić information content (AvgIpc) is 2.81. The van der Waals surface area contributed by atoms with Gasteiger partial charge in [0.05, 0.1) is 18.4 Å². The van der Waals surface area contributed by atoms with Gasteiger partial charge in [0.2, 0.25) is 0 Å². The van der Waals surface area contributed by atoms with Crippen molar-refractivity contribution < 1.29 is 9.53 Å². The predicted molar refractivity (Wildman–Crippen MR) is 118 cm³/mol. The van der Waals surface area contributed by atoms with Crippen molar-refractivity contribution in [1.29, 1.82) is 0 Å². The maximum atomic E-state index is 12.5. The van der Waals surface area contributed by atoms with Crippen LogP contribution in [0.1, 0.15) is 10.4 Å². The van der Waals surface area contributed by atoms with Crippen molar-refractivity contribution in [2.75, 3.05) is 17.7 Å². The third-order valence-electron chi connectivity index (χ3n) is 4.50. The molecular weight excluding hydrogens is 376 g/mol. The van der Waals surface area contributed by atoms with Gasteiger partial charge in [0, 0.05) is 23.0 Å². The van der Waals surface area contributed by atoms with Crippen LogP contribution in [0.5, 0.6) is 5.75 Å². The summed E-state index contributed by atoms with van der Waals surface area (Å²) in [5, 5.41) is 6.14. The number of para-hydroxylation sites is 1. The van der Waals surface area contributed by atoms with Gasteiger partial charge in [0.15, 0.2) is 0 Å². The molecule has 4 rings (SSSR count). The van der Waals surface area contributed by atoms with E-state index in [9.17, 15) is 4.79 Å². The van der Waals surface area contributed by atoms with Crippen LogP contribution in [0.25, 0.3) is 11.3 Å². The van der Waals surface area contributed by atoms with Gasteiger partial charge in [-0.1, -0.05) is 42.5 Å². The zero-order valence-corrected chi connectivity index (χ0v) is 16.4. The summed E-state index contributed by atoms with van der Waals surface area (Å²) < 4.78 is 5.25. The standard InChI is InChI=1S/C24H20N4O2/c1-30-22-10-6-5-9-20(22)24(29)28-19-13-11-18(12-14-19)27-23-15-21(25-16-26-23)17-7-3-2-4-8-17/h2-16H,1H3,(H,28,29)(H,25,26,27). The molecule has 148 valence electrons. The third-order valence-corrected chi connectivity index (χ3v) is 4.50. The highest BCUT2D eigenvalue weighted by Gasteiger charge is 2.11. The van der Waals surface area contributed by atoms with Crippen LogP contribution >= 0.6 is 0 Å². The second-order valence-electron chi connectivity index (χ2n) is 6.51. The smallest absolute Gasteiger partial charge is 0.259 e. The van der Waals surface area contributed by atoms with Crippen LogP contribution in [0.15, 0.2) is 91.3 Å². The summed E-state index contributed by atoms with van der Waals surface area (Å²) in [5.41, 5.74) is 3.88. The van der Waals surface area contributed by atoms with Gasteiger partial charge in [-0.15, -0.1) is 0 Å². The van der Waals surface area contributed by atoms with E-state index in [1.807, 2.05) is 66.7 Å². The van der Waals surface area contributed by atoms with Crippen LogP contribution in [0, 0.1) is 0 Å². The molecule has 0 aliphatic rings. The lowest BCUT2D eigenvalue weighted by Crippen LogP contribution is -2.13. The lowest BCUT2D eigenvalue weighted by Gasteiger charge is -2.10. The summed E-state index contributed by atoms with van der Waals surface area (Å²) >= 11 is 0. The molecule has 6 nitrogen and oxygen atoms in total. The molecule has 0 aliphatic carbocycles. The molecule has 3 aromatic carbocycles. The number of nitrogens with zero attached hydrogens (tertiary/aromatic N) is 2. The Hall–Kier alpha value is -4.19. The minimum Gasteiger partial charge on any atom is -0.496 e. The molecule has 6 heteroatoms. The van der Waals surface area contributed by atoms with E-state index in [1.165, 1.54) is 6.33 Å². The highest BCUT2D eigenvalue weighted by atomic mass is 16.5. The average molecular weight is 396 g/mol. The fourth-order valence-electron chi connectivity index (χ4n) is 3.01. The summed E-state index contributed by atoms with van der Waals surface area (Å²) in [6.07, 6.45) is 1.53. The highest BCUT2D eigenvalue weighted by molar-refractivity contribution is 6.06. The van der Waals surface area contributed by atoms with Gasteiger partial charge in [-0.25, -0.2) is 9.97 Å². The molecule has 0 fully saturated rings. The molecule has 0 aliphatic heterocycles. The molecule has 0 saturated carbocycles. The Bertz CT molecular complexity index is 1150. The van der Waals surface area contributed by atoms with Gasteiger partial charge in [-0.05, 0) is 36.4 Å². The van der Waals surface area contributed by atoms with Crippen molar-refractivity contribution in [3.8, 4) is 17.0 Å². The zero-order chi connectivity index (χ0) is 20.8. The van der Waals surface area contributed by atoms with E-state index in [0.29, 0.717) is 22.8 Å². The zero-order valence-electron chi connectivity index (χ0n) is 16.4. The molecular formula is C24H20N4O2. The lowest BCUT2D eigenvalue weighted by molar-refractivity contribution is 0.102. The first kappa shape index (κ1) is 19.1. The number of methoxy groups -OCH3 is 1. The van der Waals surface area contributed by atoms with Crippen LogP contribution in [0.4, 0.5) is 17.2 Å². The van der Waals surface area contributed by atoms with E-state index in [-0.39, 0.29) is 5.91 Å². The number of anilines is 3. The third kappa shape index (κ3) is 4.44. The number of carbonyl (C=O) groups excluding carboxylic acids is 1. The molecule has 0 radical (unpaired) electrons. The number of ether oxygens (including phenoxy) is 1. The molecule has 4 aromatic rings. The Morgan fingerprint density at radius 3 is 2.30 bits per heavy atom. The molecule has 1 heterocycles. The van der Waals surface area contributed by atoms with Crippen molar-refractivity contribution >= 4 is 23.1 Å². The van der Waals surface area contributed by atoms with Gasteiger partial charge in [0.1, 0.15) is 17.9 Å². The van der Waals surface area contributed by atoms with E-state index in [1.54, 1.807) is 25.3 Å². The van der Waals surface area contributed by atoms with Gasteiger partial charge in [0.25, 0.3) is 5.91 Å². The number of nitrogens with one attached hydrogen (secondary N) is 2. The van der Waals surface area contributed by atoms with Crippen molar-refractivity contribution in [2.45, 2.75) is 0 Å². The quantitative estimate of drug-likeness (QED) is 0.471. The Morgan fingerprint density at radius 2 is 1.53 bits per heavy atom. The van der Waals surface area contributed by atoms with Crippen molar-refractivity contribution in [2.24, 2.45) is 0 Å². The molecule has 0 unspecified atom stereocenters. The second kappa shape index (κ2) is 8.87.